The summed E-state index contributed by atoms with van der Waals surface area (Å²) in [7, 11) is 0. The highest BCUT2D eigenvalue weighted by molar-refractivity contribution is 4.95. The number of nitrogens with zero attached hydrogens (tertiary/aromatic N) is 1. The average molecular weight is 424 g/mol. The van der Waals surface area contributed by atoms with Crippen molar-refractivity contribution in [1.29, 1.82) is 0 Å². The van der Waals surface area contributed by atoms with E-state index in [0.29, 0.717) is 10.8 Å². The van der Waals surface area contributed by atoms with Gasteiger partial charge >= 0.3 is 5.69 Å². The third-order valence-corrected chi connectivity index (χ3v) is 4.81. The van der Waals surface area contributed by atoms with Crippen LogP contribution in [0, 0.1) is 5.82 Å². The van der Waals surface area contributed by atoms with Crippen LogP contribution in [-0.2, 0) is 14.2 Å². The summed E-state index contributed by atoms with van der Waals surface area (Å²) in [4.78, 5) is 24.6. The van der Waals surface area contributed by atoms with Gasteiger partial charge in [0, 0.05) is 0 Å². The highest BCUT2D eigenvalue weighted by Crippen LogP contribution is 2.30. The van der Waals surface area contributed by atoms with E-state index in [4.69, 9.17) is 19.3 Å². The molecule has 1 aromatic rings. The molecule has 0 spiro atoms. The SMILES string of the molecule is O=c1[nH]c(=O)n([C@H]2OC(COC3O[C@H](CO)[C@H](O)[C@H](O)[C@H]3O)[C@H](O)[C@@H]2O)cc1F. The third-order valence-electron chi connectivity index (χ3n) is 4.81. The molecule has 2 unspecified atom stereocenters. The van der Waals surface area contributed by atoms with Crippen LogP contribution in [0.5, 0.6) is 0 Å². The number of hydrogen-bond donors (Lipinski definition) is 7. The number of aromatic nitrogens is 2. The molecule has 14 heteroatoms. The molecule has 3 heterocycles. The van der Waals surface area contributed by atoms with Crippen LogP contribution in [0.25, 0.3) is 0 Å². The molecule has 13 nitrogen and oxygen atoms in total. The molecular weight excluding hydrogens is 403 g/mol. The molecule has 2 fully saturated rings. The highest BCUT2D eigenvalue weighted by Gasteiger charge is 2.47. The van der Waals surface area contributed by atoms with Gasteiger partial charge in [-0.1, -0.05) is 0 Å². The largest absolute Gasteiger partial charge is 0.394 e. The van der Waals surface area contributed by atoms with Gasteiger partial charge in [-0.3, -0.25) is 14.3 Å². The zero-order valence-corrected chi connectivity index (χ0v) is 14.7. The van der Waals surface area contributed by atoms with Gasteiger partial charge in [0.05, 0.1) is 19.4 Å². The van der Waals surface area contributed by atoms with E-state index < -0.39 is 85.5 Å². The molecule has 7 N–H and O–H groups in total. The Morgan fingerprint density at radius 3 is 2.31 bits per heavy atom. The second-order valence-corrected chi connectivity index (χ2v) is 6.72. The van der Waals surface area contributed by atoms with Crippen molar-refractivity contribution < 1.29 is 49.2 Å². The fourth-order valence-electron chi connectivity index (χ4n) is 3.14. The van der Waals surface area contributed by atoms with Gasteiger partial charge in [0.2, 0.25) is 5.82 Å². The number of aromatic amines is 1. The monoisotopic (exact) mass is 424 g/mol. The van der Waals surface area contributed by atoms with Crippen LogP contribution in [0.2, 0.25) is 0 Å². The summed E-state index contributed by atoms with van der Waals surface area (Å²) >= 11 is 0. The highest BCUT2D eigenvalue weighted by atomic mass is 19.1. The van der Waals surface area contributed by atoms with Crippen molar-refractivity contribution in [2.24, 2.45) is 0 Å². The fraction of sp³-hybridized carbons (Fsp3) is 0.733. The lowest BCUT2D eigenvalue weighted by Gasteiger charge is -2.39. The second-order valence-electron chi connectivity index (χ2n) is 6.72. The number of aliphatic hydroxyl groups is 6. The predicted molar refractivity (Wildman–Crippen MR) is 86.9 cm³/mol. The van der Waals surface area contributed by atoms with Crippen LogP contribution in [0.1, 0.15) is 6.23 Å². The van der Waals surface area contributed by atoms with Gasteiger partial charge < -0.3 is 44.8 Å². The number of H-pyrrole nitrogens is 1. The topological polar surface area (TPSA) is 204 Å². The Labute approximate surface area is 161 Å². The molecule has 164 valence electrons. The number of aliphatic hydroxyl groups excluding tert-OH is 6. The lowest BCUT2D eigenvalue weighted by Crippen LogP contribution is -2.59. The van der Waals surface area contributed by atoms with Crippen LogP contribution in [-0.4, -0.2) is 102 Å². The number of nitrogens with one attached hydrogen (secondary N) is 1. The summed E-state index contributed by atoms with van der Waals surface area (Å²) in [5.74, 6) is -1.31. The van der Waals surface area contributed by atoms with Crippen LogP contribution < -0.4 is 11.2 Å². The molecule has 3 rings (SSSR count). The molecule has 9 atom stereocenters. The lowest BCUT2D eigenvalue weighted by atomic mass is 9.99. The molecular formula is C15H21FN2O11. The maximum Gasteiger partial charge on any atom is 0.330 e. The van der Waals surface area contributed by atoms with Gasteiger partial charge in [-0.2, -0.15) is 4.39 Å². The third kappa shape index (κ3) is 4.11. The summed E-state index contributed by atoms with van der Waals surface area (Å²) in [6.45, 7) is -1.19. The maximum atomic E-state index is 13.5. The molecule has 2 aliphatic heterocycles. The molecule has 0 aliphatic carbocycles. The van der Waals surface area contributed by atoms with E-state index in [-0.39, 0.29) is 0 Å². The first-order valence-corrected chi connectivity index (χ1v) is 8.60. The molecule has 2 saturated heterocycles. The Hall–Kier alpha value is -1.75. The van der Waals surface area contributed by atoms with Crippen molar-refractivity contribution in [1.82, 2.24) is 9.55 Å². The summed E-state index contributed by atoms with van der Waals surface area (Å²) < 4.78 is 29.7. The van der Waals surface area contributed by atoms with Crippen molar-refractivity contribution in [2.45, 2.75) is 55.2 Å². The maximum absolute atomic E-state index is 13.5. The van der Waals surface area contributed by atoms with Crippen LogP contribution in [0.15, 0.2) is 15.8 Å². The van der Waals surface area contributed by atoms with Gasteiger partial charge in [-0.25, -0.2) is 4.79 Å². The Balaban J connectivity index is 1.69. The molecule has 29 heavy (non-hydrogen) atoms. The minimum absolute atomic E-state index is 0.516. The van der Waals surface area contributed by atoms with Gasteiger partial charge in [0.25, 0.3) is 5.56 Å². The number of hydrogen-bond acceptors (Lipinski definition) is 11. The van der Waals surface area contributed by atoms with E-state index in [2.05, 4.69) is 0 Å². The predicted octanol–water partition coefficient (Wildman–Crippen LogP) is -4.89. The second kappa shape index (κ2) is 8.55. The summed E-state index contributed by atoms with van der Waals surface area (Å²) in [5.41, 5.74) is -2.34. The molecule has 2 aliphatic rings. The smallest absolute Gasteiger partial charge is 0.330 e. The van der Waals surface area contributed by atoms with Crippen LogP contribution in [0.3, 0.4) is 0 Å². The van der Waals surface area contributed by atoms with E-state index in [1.165, 1.54) is 0 Å². The lowest BCUT2D eigenvalue weighted by molar-refractivity contribution is -0.306. The first kappa shape index (κ1) is 21.9. The van der Waals surface area contributed by atoms with Gasteiger partial charge in [-0.15, -0.1) is 0 Å². The summed E-state index contributed by atoms with van der Waals surface area (Å²) in [5, 5.41) is 58.8. The normalized spacial score (nSPS) is 40.3. The molecule has 0 aromatic carbocycles. The average Bonchev–Trinajstić information content (AvgIpc) is 2.97. The molecule has 0 radical (unpaired) electrons. The van der Waals surface area contributed by atoms with Crippen LogP contribution in [0.4, 0.5) is 4.39 Å². The van der Waals surface area contributed by atoms with Crippen molar-refractivity contribution in [2.75, 3.05) is 13.2 Å². The van der Waals surface area contributed by atoms with E-state index >= 15 is 0 Å². The summed E-state index contributed by atoms with van der Waals surface area (Å²) in [6.07, 6.45) is -13.3. The van der Waals surface area contributed by atoms with E-state index in [0.717, 1.165) is 0 Å². The summed E-state index contributed by atoms with van der Waals surface area (Å²) in [6, 6.07) is 0. The number of rotatable bonds is 5. The first-order valence-electron chi connectivity index (χ1n) is 8.60. The number of halogens is 1. The zero-order chi connectivity index (χ0) is 21.5. The minimum Gasteiger partial charge on any atom is -0.394 e. The van der Waals surface area contributed by atoms with Crippen molar-refractivity contribution in [3.05, 3.63) is 32.9 Å². The quantitative estimate of drug-likeness (QED) is 0.239. The zero-order valence-electron chi connectivity index (χ0n) is 14.7. The number of ether oxygens (including phenoxy) is 3. The Bertz CT molecular complexity index is 829. The molecule has 0 bridgehead atoms. The van der Waals surface area contributed by atoms with Crippen LogP contribution >= 0.6 is 0 Å². The van der Waals surface area contributed by atoms with Crippen molar-refractivity contribution >= 4 is 0 Å². The Morgan fingerprint density at radius 1 is 1.00 bits per heavy atom. The minimum atomic E-state index is -1.69. The van der Waals surface area contributed by atoms with Gasteiger partial charge in [0.1, 0.15) is 42.7 Å². The van der Waals surface area contributed by atoms with E-state index in [9.17, 15) is 39.5 Å². The van der Waals surface area contributed by atoms with Crippen molar-refractivity contribution in [3.8, 4) is 0 Å². The first-order chi connectivity index (χ1) is 13.6. The molecule has 0 saturated carbocycles. The van der Waals surface area contributed by atoms with Gasteiger partial charge in [0.15, 0.2) is 12.5 Å². The fourth-order valence-corrected chi connectivity index (χ4v) is 3.14. The van der Waals surface area contributed by atoms with E-state index in [1.807, 2.05) is 0 Å². The molecule has 1 aromatic heterocycles. The Morgan fingerprint density at radius 2 is 1.66 bits per heavy atom. The Kier molecular flexibility index (Phi) is 6.47. The standard InChI is InChI=1S/C15H21FN2O11/c16-4-1-18(15(26)17-12(4)25)13-10(23)8(21)6(28-13)3-27-14-11(24)9(22)7(20)5(2-19)29-14/h1,5-11,13-14,19-24H,2-3H2,(H,17,25,26)/t5-,6?,7+,8+,9+,10+,11-,13+,14?/m1/s1. The van der Waals surface area contributed by atoms with Gasteiger partial charge in [-0.05, 0) is 0 Å². The van der Waals surface area contributed by atoms with Crippen molar-refractivity contribution in [3.63, 3.8) is 0 Å². The molecule has 0 amide bonds. The van der Waals surface area contributed by atoms with E-state index in [1.54, 1.807) is 4.98 Å².